The van der Waals surface area contributed by atoms with Crippen LogP contribution in [0.5, 0.6) is 5.75 Å². The predicted octanol–water partition coefficient (Wildman–Crippen LogP) is 4.82. The molecule has 1 fully saturated rings. The van der Waals surface area contributed by atoms with Crippen molar-refractivity contribution in [1.82, 2.24) is 25.1 Å². The number of aryl methyl sites for hydroxylation is 2. The summed E-state index contributed by atoms with van der Waals surface area (Å²) < 4.78 is 18.4. The summed E-state index contributed by atoms with van der Waals surface area (Å²) in [5.41, 5.74) is 4.56. The number of pyridine rings is 2. The molecule has 39 heavy (non-hydrogen) atoms. The van der Waals surface area contributed by atoms with Crippen molar-refractivity contribution in [2.24, 2.45) is 13.0 Å². The van der Waals surface area contributed by atoms with Crippen molar-refractivity contribution >= 4 is 33.7 Å². The highest BCUT2D eigenvalue weighted by Gasteiger charge is 2.32. The van der Waals surface area contributed by atoms with E-state index in [1.165, 1.54) is 0 Å². The Morgan fingerprint density at radius 1 is 1.18 bits per heavy atom. The zero-order chi connectivity index (χ0) is 27.9. The number of benzene rings is 1. The van der Waals surface area contributed by atoms with Gasteiger partial charge in [0, 0.05) is 55.3 Å². The van der Waals surface area contributed by atoms with Gasteiger partial charge in [-0.05, 0) is 57.9 Å². The van der Waals surface area contributed by atoms with E-state index in [4.69, 9.17) is 24.2 Å². The molecular weight excluding hydrogens is 496 g/mol. The van der Waals surface area contributed by atoms with Crippen LogP contribution >= 0.6 is 0 Å². The topological polar surface area (TPSA) is 104 Å². The number of nitrogens with one attached hydrogen (secondary N) is 1. The van der Waals surface area contributed by atoms with Crippen molar-refractivity contribution in [3.63, 3.8) is 0 Å². The Morgan fingerprint density at radius 3 is 2.72 bits per heavy atom. The van der Waals surface area contributed by atoms with Gasteiger partial charge < -0.3 is 24.4 Å². The smallest absolute Gasteiger partial charge is 0.407 e. The standard InChI is InChI=1S/C29H36N6O4/c1-17-13-35(15-24(17)32-28(36)39-29(3,4)5)21-10-19-8-9-23(31-27(19)30-12-21)22-11-20-14-34(6)33-25(20)18(2)26(22)38-16-37-7/h8-12,14,17,24H,13,15-16H2,1-7H3,(H,32,36)/t17-,24-/m1/s1. The molecule has 0 spiro atoms. The highest BCUT2D eigenvalue weighted by atomic mass is 16.7. The first-order chi connectivity index (χ1) is 18.5. The van der Waals surface area contributed by atoms with Crippen LogP contribution in [0, 0.1) is 12.8 Å². The molecule has 4 heterocycles. The Kier molecular flexibility index (Phi) is 7.07. The molecule has 10 heteroatoms. The van der Waals surface area contributed by atoms with E-state index in [1.807, 2.05) is 65.3 Å². The maximum Gasteiger partial charge on any atom is 0.407 e. The predicted molar refractivity (Wildman–Crippen MR) is 151 cm³/mol. The Bertz CT molecular complexity index is 1530. The number of fused-ring (bicyclic) bond motifs is 2. The average molecular weight is 533 g/mol. The van der Waals surface area contributed by atoms with Crippen LogP contribution in [0.25, 0.3) is 33.2 Å². The lowest BCUT2D eigenvalue weighted by Crippen LogP contribution is -2.42. The van der Waals surface area contributed by atoms with E-state index < -0.39 is 5.60 Å². The Hall–Kier alpha value is -3.92. The van der Waals surface area contributed by atoms with Crippen LogP contribution in [0.1, 0.15) is 33.3 Å². The van der Waals surface area contributed by atoms with Crippen LogP contribution in [-0.4, -0.2) is 64.5 Å². The number of ether oxygens (including phenoxy) is 3. The van der Waals surface area contributed by atoms with E-state index in [-0.39, 0.29) is 24.8 Å². The highest BCUT2D eigenvalue weighted by molar-refractivity contribution is 5.92. The van der Waals surface area contributed by atoms with Crippen molar-refractivity contribution in [3.8, 4) is 17.0 Å². The van der Waals surface area contributed by atoms with Crippen LogP contribution in [0.4, 0.5) is 10.5 Å². The molecule has 0 radical (unpaired) electrons. The molecule has 10 nitrogen and oxygen atoms in total. The number of nitrogens with zero attached hydrogens (tertiary/aromatic N) is 5. The van der Waals surface area contributed by atoms with Gasteiger partial charge in [-0.3, -0.25) is 4.68 Å². The quantitative estimate of drug-likeness (QED) is 0.353. The van der Waals surface area contributed by atoms with Crippen LogP contribution in [-0.2, 0) is 16.5 Å². The number of anilines is 1. The second-order valence-electron chi connectivity index (χ2n) is 11.2. The average Bonchev–Trinajstić information content (AvgIpc) is 3.43. The molecule has 0 bridgehead atoms. The molecule has 1 N–H and O–H groups in total. The number of methoxy groups -OCH3 is 1. The fraction of sp³-hybridized carbons (Fsp3) is 0.448. The van der Waals surface area contributed by atoms with Gasteiger partial charge in [-0.25, -0.2) is 14.8 Å². The van der Waals surface area contributed by atoms with E-state index in [9.17, 15) is 4.79 Å². The van der Waals surface area contributed by atoms with Gasteiger partial charge in [0.15, 0.2) is 12.4 Å². The molecule has 0 unspecified atom stereocenters. The minimum absolute atomic E-state index is 0.00722. The second kappa shape index (κ2) is 10.3. The second-order valence-corrected chi connectivity index (χ2v) is 11.2. The summed E-state index contributed by atoms with van der Waals surface area (Å²) >= 11 is 0. The number of rotatable bonds is 6. The third-order valence-electron chi connectivity index (χ3n) is 6.90. The van der Waals surface area contributed by atoms with E-state index in [0.29, 0.717) is 17.9 Å². The summed E-state index contributed by atoms with van der Waals surface area (Å²) in [6, 6.07) is 8.16. The van der Waals surface area contributed by atoms with Gasteiger partial charge in [-0.1, -0.05) is 6.92 Å². The molecule has 3 aromatic heterocycles. The number of hydrogen-bond acceptors (Lipinski definition) is 8. The molecule has 1 aromatic carbocycles. The Balaban J connectivity index is 1.41. The van der Waals surface area contributed by atoms with E-state index >= 15 is 0 Å². The van der Waals surface area contributed by atoms with Crippen LogP contribution in [0.2, 0.25) is 0 Å². The molecular formula is C29H36N6O4. The van der Waals surface area contributed by atoms with Crippen molar-refractivity contribution in [2.45, 2.75) is 46.3 Å². The third kappa shape index (κ3) is 5.61. The molecule has 2 atom stereocenters. The molecule has 1 aliphatic heterocycles. The zero-order valence-electron chi connectivity index (χ0n) is 23.6. The van der Waals surface area contributed by atoms with E-state index in [1.54, 1.807) is 11.8 Å². The lowest BCUT2D eigenvalue weighted by atomic mass is 10.0. The van der Waals surface area contributed by atoms with Gasteiger partial charge >= 0.3 is 6.09 Å². The van der Waals surface area contributed by atoms with E-state index in [2.05, 4.69) is 28.3 Å². The van der Waals surface area contributed by atoms with Gasteiger partial charge in [-0.2, -0.15) is 5.10 Å². The molecule has 0 saturated carbocycles. The number of hydrogen-bond donors (Lipinski definition) is 1. The van der Waals surface area contributed by atoms with Crippen molar-refractivity contribution < 1.29 is 19.0 Å². The number of alkyl carbamates (subject to hydrolysis) is 1. The maximum atomic E-state index is 12.3. The van der Waals surface area contributed by atoms with Crippen LogP contribution < -0.4 is 15.0 Å². The summed E-state index contributed by atoms with van der Waals surface area (Å²) in [4.78, 5) is 24.1. The summed E-state index contributed by atoms with van der Waals surface area (Å²) in [5.74, 6) is 0.964. The van der Waals surface area contributed by atoms with Crippen molar-refractivity contribution in [1.29, 1.82) is 0 Å². The molecule has 5 rings (SSSR count). The highest BCUT2D eigenvalue weighted by Crippen LogP contribution is 2.38. The van der Waals surface area contributed by atoms with Crippen LogP contribution in [0.15, 0.2) is 36.7 Å². The summed E-state index contributed by atoms with van der Waals surface area (Å²) in [7, 11) is 3.50. The van der Waals surface area contributed by atoms with E-state index in [0.717, 1.165) is 45.3 Å². The molecule has 1 aliphatic rings. The molecule has 4 aromatic rings. The normalized spacial score (nSPS) is 17.7. The first-order valence-corrected chi connectivity index (χ1v) is 13.1. The number of amides is 1. The molecule has 1 saturated heterocycles. The number of carbonyl (C=O) groups is 1. The minimum atomic E-state index is -0.529. The first kappa shape index (κ1) is 26.7. The molecule has 1 amide bonds. The Labute approximate surface area is 228 Å². The van der Waals surface area contributed by atoms with Gasteiger partial charge in [0.05, 0.1) is 29.1 Å². The van der Waals surface area contributed by atoms with Crippen molar-refractivity contribution in [2.75, 3.05) is 31.9 Å². The summed E-state index contributed by atoms with van der Waals surface area (Å²) in [6.45, 7) is 11.3. The lowest BCUT2D eigenvalue weighted by molar-refractivity contribution is 0.0498. The van der Waals surface area contributed by atoms with Gasteiger partial charge in [-0.15, -0.1) is 0 Å². The monoisotopic (exact) mass is 532 g/mol. The molecule has 0 aliphatic carbocycles. The number of aromatic nitrogens is 4. The molecule has 206 valence electrons. The maximum absolute atomic E-state index is 12.3. The summed E-state index contributed by atoms with van der Waals surface area (Å²) in [5, 5.41) is 9.56. The van der Waals surface area contributed by atoms with Crippen molar-refractivity contribution in [3.05, 3.63) is 42.2 Å². The fourth-order valence-corrected chi connectivity index (χ4v) is 5.08. The summed E-state index contributed by atoms with van der Waals surface area (Å²) in [6.07, 6.45) is 3.45. The number of carbonyl (C=O) groups excluding carboxylic acids is 1. The van der Waals surface area contributed by atoms with Gasteiger partial charge in [0.1, 0.15) is 11.4 Å². The largest absolute Gasteiger partial charge is 0.466 e. The fourth-order valence-electron chi connectivity index (χ4n) is 5.08. The third-order valence-corrected chi connectivity index (χ3v) is 6.90. The Morgan fingerprint density at radius 2 is 1.97 bits per heavy atom. The minimum Gasteiger partial charge on any atom is -0.466 e. The SMILES string of the molecule is COCOc1c(-c2ccc3cc(N4C[C@@H](C)[C@H](NC(=O)OC(C)(C)C)C4)cnc3n2)cc2cn(C)nc2c1C. The van der Waals surface area contributed by atoms with Gasteiger partial charge in [0.2, 0.25) is 0 Å². The lowest BCUT2D eigenvalue weighted by Gasteiger charge is -2.23. The first-order valence-electron chi connectivity index (χ1n) is 13.1. The zero-order valence-corrected chi connectivity index (χ0v) is 23.6. The van der Waals surface area contributed by atoms with Crippen LogP contribution in [0.3, 0.4) is 0 Å². The van der Waals surface area contributed by atoms with Gasteiger partial charge in [0.25, 0.3) is 0 Å².